The molecule has 0 amide bonds. The smallest absolute Gasteiger partial charge is 0.156 e. The van der Waals surface area contributed by atoms with Crippen molar-refractivity contribution in [1.82, 2.24) is 24.6 Å². The van der Waals surface area contributed by atoms with Crippen molar-refractivity contribution in [3.63, 3.8) is 0 Å². The summed E-state index contributed by atoms with van der Waals surface area (Å²) in [6, 6.07) is 7.15. The van der Waals surface area contributed by atoms with Crippen molar-refractivity contribution >= 4 is 40.9 Å². The number of likely N-dealkylation sites (N-methyl/N-ethyl adjacent to an activating group) is 1. The standard InChI is InChI=1S/C27H28FN7O2.C2H6/c1-6-19-20(29-2)7-8-21(25(19)28)33-26-24-22(30-16-31-26)9-17(18-11-32-35(5)12-18)10-23(24)37-15-27(34(3)4)13-36-14-27;1-2/h6-12,16H,1-2,13-15H2,3-5H3,(H,30,31,33);1-2H3. The Kier molecular flexibility index (Phi) is 8.37. The van der Waals surface area contributed by atoms with Crippen LogP contribution in [0.25, 0.3) is 28.1 Å². The van der Waals surface area contributed by atoms with Gasteiger partial charge in [0.05, 0.1) is 41.7 Å². The van der Waals surface area contributed by atoms with E-state index >= 15 is 4.39 Å². The lowest BCUT2D eigenvalue weighted by molar-refractivity contribution is -0.140. The van der Waals surface area contributed by atoms with E-state index in [0.29, 0.717) is 48.0 Å². The summed E-state index contributed by atoms with van der Waals surface area (Å²) >= 11 is 0. The lowest BCUT2D eigenvalue weighted by Gasteiger charge is -2.46. The summed E-state index contributed by atoms with van der Waals surface area (Å²) in [5, 5.41) is 8.05. The molecule has 5 rings (SSSR count). The number of nitrogens with zero attached hydrogens (tertiary/aromatic N) is 6. The lowest BCUT2D eigenvalue weighted by Crippen LogP contribution is -2.63. The Morgan fingerprint density at radius 3 is 2.59 bits per heavy atom. The highest BCUT2D eigenvalue weighted by Gasteiger charge is 2.42. The normalized spacial score (nSPS) is 13.8. The van der Waals surface area contributed by atoms with Crippen molar-refractivity contribution in [3.05, 3.63) is 60.9 Å². The van der Waals surface area contributed by atoms with Gasteiger partial charge < -0.3 is 14.8 Å². The molecular weight excluding hydrogens is 497 g/mol. The highest BCUT2D eigenvalue weighted by atomic mass is 19.1. The van der Waals surface area contributed by atoms with Crippen molar-refractivity contribution in [2.24, 2.45) is 12.0 Å². The maximum atomic E-state index is 15.3. The fourth-order valence-corrected chi connectivity index (χ4v) is 4.26. The minimum atomic E-state index is -0.501. The number of rotatable bonds is 9. The maximum absolute atomic E-state index is 15.3. The molecule has 39 heavy (non-hydrogen) atoms. The van der Waals surface area contributed by atoms with Gasteiger partial charge in [0, 0.05) is 24.4 Å². The van der Waals surface area contributed by atoms with E-state index in [1.54, 1.807) is 23.0 Å². The first kappa shape index (κ1) is 27.9. The Bertz CT molecular complexity index is 1490. The van der Waals surface area contributed by atoms with Gasteiger partial charge in [0.2, 0.25) is 0 Å². The van der Waals surface area contributed by atoms with E-state index in [9.17, 15) is 0 Å². The second-order valence-corrected chi connectivity index (χ2v) is 9.24. The quantitative estimate of drug-likeness (QED) is 0.280. The number of fused-ring (bicyclic) bond motifs is 1. The second-order valence-electron chi connectivity index (χ2n) is 9.24. The number of aryl methyl sites for hydroxylation is 1. The van der Waals surface area contributed by atoms with E-state index < -0.39 is 5.82 Å². The molecule has 0 spiro atoms. The molecule has 9 nitrogen and oxygen atoms in total. The zero-order chi connectivity index (χ0) is 28.2. The first-order valence-corrected chi connectivity index (χ1v) is 12.7. The molecule has 1 saturated heterocycles. The molecular formula is C29H34FN7O2. The van der Waals surface area contributed by atoms with Crippen LogP contribution in [-0.4, -0.2) is 70.8 Å². The number of hydrogen-bond acceptors (Lipinski definition) is 8. The molecule has 10 heteroatoms. The van der Waals surface area contributed by atoms with Crippen molar-refractivity contribution in [2.75, 3.05) is 39.2 Å². The van der Waals surface area contributed by atoms with Gasteiger partial charge in [-0.05, 0) is 50.6 Å². The van der Waals surface area contributed by atoms with E-state index in [-0.39, 0.29) is 16.8 Å². The Labute approximate surface area is 228 Å². The van der Waals surface area contributed by atoms with Crippen LogP contribution in [0.4, 0.5) is 21.6 Å². The number of benzene rings is 2. The van der Waals surface area contributed by atoms with Crippen LogP contribution in [0.2, 0.25) is 0 Å². The predicted molar refractivity (Wildman–Crippen MR) is 155 cm³/mol. The molecule has 0 unspecified atom stereocenters. The SMILES string of the molecule is C=Cc1c(N=C)ccc(Nc2ncnc3cc(-c4cnn(C)c4)cc(OCC4(N(C)C)COC4)c23)c1F.CC. The van der Waals surface area contributed by atoms with Gasteiger partial charge in [-0.2, -0.15) is 5.10 Å². The molecule has 0 aliphatic carbocycles. The number of aliphatic imine (C=N–C) groups is 1. The molecule has 0 saturated carbocycles. The molecule has 0 atom stereocenters. The Hall–Kier alpha value is -4.15. The zero-order valence-electron chi connectivity index (χ0n) is 23.0. The van der Waals surface area contributed by atoms with E-state index in [2.05, 4.69) is 43.6 Å². The number of anilines is 2. The van der Waals surface area contributed by atoms with Crippen LogP contribution >= 0.6 is 0 Å². The first-order valence-electron chi connectivity index (χ1n) is 12.7. The van der Waals surface area contributed by atoms with Gasteiger partial charge in [0.25, 0.3) is 0 Å². The number of nitrogens with one attached hydrogen (secondary N) is 1. The molecule has 2 aromatic heterocycles. The maximum Gasteiger partial charge on any atom is 0.156 e. The van der Waals surface area contributed by atoms with Crippen LogP contribution < -0.4 is 10.1 Å². The summed E-state index contributed by atoms with van der Waals surface area (Å²) in [5.74, 6) is 0.482. The third-order valence-electron chi connectivity index (χ3n) is 6.71. The summed E-state index contributed by atoms with van der Waals surface area (Å²) in [6.45, 7) is 12.7. The molecule has 1 aliphatic heterocycles. The lowest BCUT2D eigenvalue weighted by atomic mass is 9.97. The van der Waals surface area contributed by atoms with E-state index in [0.717, 1.165) is 11.1 Å². The molecule has 204 valence electrons. The zero-order valence-corrected chi connectivity index (χ0v) is 23.0. The molecule has 0 bridgehead atoms. The average molecular weight is 532 g/mol. The van der Waals surface area contributed by atoms with Crippen LogP contribution in [0, 0.1) is 5.82 Å². The Balaban J connectivity index is 0.00000172. The minimum Gasteiger partial charge on any atom is -0.491 e. The predicted octanol–water partition coefficient (Wildman–Crippen LogP) is 5.62. The van der Waals surface area contributed by atoms with Crippen LogP contribution in [0.3, 0.4) is 0 Å². The van der Waals surface area contributed by atoms with Gasteiger partial charge in [-0.3, -0.25) is 14.6 Å². The molecule has 1 aliphatic rings. The second kappa shape index (κ2) is 11.7. The summed E-state index contributed by atoms with van der Waals surface area (Å²) in [4.78, 5) is 14.9. The van der Waals surface area contributed by atoms with Gasteiger partial charge in [-0.25, -0.2) is 14.4 Å². The summed E-state index contributed by atoms with van der Waals surface area (Å²) in [6.07, 6.45) is 6.56. The highest BCUT2D eigenvalue weighted by Crippen LogP contribution is 2.38. The van der Waals surface area contributed by atoms with Crippen molar-refractivity contribution in [3.8, 4) is 16.9 Å². The molecule has 1 N–H and O–H groups in total. The fourth-order valence-electron chi connectivity index (χ4n) is 4.26. The third kappa shape index (κ3) is 5.39. The molecule has 0 radical (unpaired) electrons. The molecule has 2 aromatic carbocycles. The van der Waals surface area contributed by atoms with Gasteiger partial charge in [0.1, 0.15) is 30.0 Å². The number of hydrogen-bond donors (Lipinski definition) is 1. The van der Waals surface area contributed by atoms with E-state index in [4.69, 9.17) is 9.47 Å². The Morgan fingerprint density at radius 2 is 2.00 bits per heavy atom. The molecule has 4 aromatic rings. The average Bonchev–Trinajstić information content (AvgIpc) is 3.36. The number of ether oxygens (including phenoxy) is 2. The topological polar surface area (TPSA) is 89.7 Å². The number of halogens is 1. The fraction of sp³-hybridized carbons (Fsp3) is 0.310. The van der Waals surface area contributed by atoms with Crippen molar-refractivity contribution in [1.29, 1.82) is 0 Å². The van der Waals surface area contributed by atoms with Crippen LogP contribution in [0.1, 0.15) is 19.4 Å². The largest absolute Gasteiger partial charge is 0.491 e. The highest BCUT2D eigenvalue weighted by molar-refractivity contribution is 5.98. The van der Waals surface area contributed by atoms with E-state index in [1.807, 2.05) is 53.3 Å². The minimum absolute atomic E-state index is 0.224. The summed E-state index contributed by atoms with van der Waals surface area (Å²) in [7, 11) is 5.88. The van der Waals surface area contributed by atoms with Gasteiger partial charge in [0.15, 0.2) is 5.82 Å². The third-order valence-corrected chi connectivity index (χ3v) is 6.71. The van der Waals surface area contributed by atoms with Crippen molar-refractivity contribution < 1.29 is 13.9 Å². The van der Waals surface area contributed by atoms with Crippen LogP contribution in [0.5, 0.6) is 5.75 Å². The van der Waals surface area contributed by atoms with E-state index in [1.165, 1.54) is 12.4 Å². The van der Waals surface area contributed by atoms with Gasteiger partial charge in [-0.1, -0.05) is 26.5 Å². The van der Waals surface area contributed by atoms with Crippen LogP contribution in [0.15, 0.2) is 54.6 Å². The Morgan fingerprint density at radius 1 is 1.23 bits per heavy atom. The summed E-state index contributed by atoms with van der Waals surface area (Å²) in [5.41, 5.74) is 3.11. The van der Waals surface area contributed by atoms with Crippen LogP contribution in [-0.2, 0) is 11.8 Å². The van der Waals surface area contributed by atoms with Gasteiger partial charge >= 0.3 is 0 Å². The monoisotopic (exact) mass is 531 g/mol. The van der Waals surface area contributed by atoms with Gasteiger partial charge in [-0.15, -0.1) is 0 Å². The molecule has 3 heterocycles. The summed E-state index contributed by atoms with van der Waals surface area (Å²) < 4.78 is 29.0. The molecule has 1 fully saturated rings. The van der Waals surface area contributed by atoms with Crippen molar-refractivity contribution in [2.45, 2.75) is 19.4 Å². The first-order chi connectivity index (χ1) is 18.8. The number of aromatic nitrogens is 4.